The van der Waals surface area contributed by atoms with E-state index in [2.05, 4.69) is 15.5 Å². The molecular formula is C24H29N5O8S2. The lowest BCUT2D eigenvalue weighted by Crippen LogP contribution is -2.71. The maximum atomic E-state index is 13.2. The van der Waals surface area contributed by atoms with E-state index >= 15 is 0 Å². The first-order valence-corrected chi connectivity index (χ1v) is 14.3. The minimum absolute atomic E-state index is 0.00762. The van der Waals surface area contributed by atoms with Crippen molar-refractivity contribution >= 4 is 57.9 Å². The summed E-state index contributed by atoms with van der Waals surface area (Å²) in [5.41, 5.74) is 5.78. The number of carbonyl (C=O) groups excluding carboxylic acids is 4. The van der Waals surface area contributed by atoms with Crippen LogP contribution in [0.3, 0.4) is 0 Å². The molecule has 0 spiro atoms. The van der Waals surface area contributed by atoms with Gasteiger partial charge in [0.25, 0.3) is 11.8 Å². The Kier molecular flexibility index (Phi) is 9.12. The van der Waals surface area contributed by atoms with Crippen molar-refractivity contribution in [1.82, 2.24) is 15.2 Å². The molecule has 3 aliphatic rings. The minimum atomic E-state index is -1.26. The van der Waals surface area contributed by atoms with Crippen LogP contribution in [0.4, 0.5) is 9.93 Å². The molecule has 1 aromatic rings. The number of aromatic nitrogens is 1. The number of fused-ring (bicyclic) bond motifs is 1. The Morgan fingerprint density at radius 2 is 2.03 bits per heavy atom. The predicted octanol–water partition coefficient (Wildman–Crippen LogP) is 2.51. The maximum absolute atomic E-state index is 13.2. The molecule has 2 aliphatic heterocycles. The number of anilines is 1. The second-order valence-corrected chi connectivity index (χ2v) is 11.0. The number of amides is 2. The summed E-state index contributed by atoms with van der Waals surface area (Å²) in [6.45, 7) is 3.15. The van der Waals surface area contributed by atoms with Gasteiger partial charge in [-0.15, -0.1) is 23.1 Å². The number of nitrogen functional groups attached to an aromatic ring is 1. The molecule has 2 amide bonds. The third kappa shape index (κ3) is 6.36. The van der Waals surface area contributed by atoms with Gasteiger partial charge in [0, 0.05) is 18.1 Å². The monoisotopic (exact) mass is 579 g/mol. The van der Waals surface area contributed by atoms with Crippen LogP contribution in [-0.4, -0.2) is 74.3 Å². The van der Waals surface area contributed by atoms with Crippen molar-refractivity contribution in [3.63, 3.8) is 0 Å². The van der Waals surface area contributed by atoms with Crippen LogP contribution in [0.1, 0.15) is 51.6 Å². The van der Waals surface area contributed by atoms with Crippen LogP contribution < -0.4 is 11.1 Å². The second-order valence-electron chi connectivity index (χ2n) is 8.97. The van der Waals surface area contributed by atoms with E-state index in [9.17, 15) is 24.4 Å². The quantitative estimate of drug-likeness (QED) is 0.103. The lowest BCUT2D eigenvalue weighted by atomic mass is 9.98. The number of allylic oxidation sites excluding steroid dienone is 2. The number of esters is 1. The molecule has 0 aromatic carbocycles. The fourth-order valence-electron chi connectivity index (χ4n) is 4.49. The van der Waals surface area contributed by atoms with Gasteiger partial charge in [-0.05, 0) is 38.2 Å². The van der Waals surface area contributed by atoms with Crippen molar-refractivity contribution in [2.45, 2.75) is 69.8 Å². The number of carbonyl (C=O) groups is 4. The third-order valence-electron chi connectivity index (χ3n) is 6.28. The number of oxime groups is 1. The predicted molar refractivity (Wildman–Crippen MR) is 142 cm³/mol. The molecule has 4 N–H and O–H groups in total. The Morgan fingerprint density at radius 1 is 1.28 bits per heavy atom. The lowest BCUT2D eigenvalue weighted by molar-refractivity contribution is -0.169. The van der Waals surface area contributed by atoms with Crippen LogP contribution in [0.25, 0.3) is 0 Å². The zero-order valence-corrected chi connectivity index (χ0v) is 23.0. The smallest absolute Gasteiger partial charge is 0.431 e. The lowest BCUT2D eigenvalue weighted by Gasteiger charge is -2.49. The molecule has 2 fully saturated rings. The first-order chi connectivity index (χ1) is 18.7. The van der Waals surface area contributed by atoms with Gasteiger partial charge in [-0.2, -0.15) is 0 Å². The van der Waals surface area contributed by atoms with Gasteiger partial charge in [0.15, 0.2) is 10.8 Å². The normalized spacial score (nSPS) is 22.7. The van der Waals surface area contributed by atoms with Crippen LogP contribution in [0.15, 0.2) is 34.0 Å². The van der Waals surface area contributed by atoms with Gasteiger partial charge in [-0.25, -0.2) is 14.6 Å². The Labute approximate surface area is 232 Å². The van der Waals surface area contributed by atoms with Gasteiger partial charge in [-0.1, -0.05) is 23.7 Å². The van der Waals surface area contributed by atoms with E-state index in [0.717, 1.165) is 43.4 Å². The van der Waals surface area contributed by atoms with Gasteiger partial charge in [-0.3, -0.25) is 14.5 Å². The van der Waals surface area contributed by atoms with Gasteiger partial charge in [0.1, 0.15) is 28.9 Å². The summed E-state index contributed by atoms with van der Waals surface area (Å²) in [5.74, 6) is -1.90. The summed E-state index contributed by atoms with van der Waals surface area (Å²) in [7, 11) is 0. The molecule has 3 atom stereocenters. The minimum Gasteiger partial charge on any atom is -0.431 e. The molecule has 4 rings (SSSR count). The molecule has 0 bridgehead atoms. The van der Waals surface area contributed by atoms with E-state index in [1.54, 1.807) is 19.1 Å². The Bertz CT molecular complexity index is 1220. The molecule has 39 heavy (non-hydrogen) atoms. The fourth-order valence-corrected chi connectivity index (χ4v) is 6.36. The number of thiazole rings is 1. The van der Waals surface area contributed by atoms with Gasteiger partial charge >= 0.3 is 12.1 Å². The topological polar surface area (TPSA) is 183 Å². The zero-order chi connectivity index (χ0) is 28.1. The van der Waals surface area contributed by atoms with Crippen LogP contribution in [-0.2, 0) is 28.6 Å². The fraction of sp³-hybridized carbons (Fsp3) is 0.500. The van der Waals surface area contributed by atoms with E-state index in [0.29, 0.717) is 11.3 Å². The highest BCUT2D eigenvalue weighted by Crippen LogP contribution is 2.41. The largest absolute Gasteiger partial charge is 0.511 e. The van der Waals surface area contributed by atoms with Crippen LogP contribution in [0.5, 0.6) is 0 Å². The average molecular weight is 580 g/mol. The highest BCUT2D eigenvalue weighted by Gasteiger charge is 2.54. The molecule has 2 unspecified atom stereocenters. The number of nitrogens with zero attached hydrogens (tertiary/aromatic N) is 3. The van der Waals surface area contributed by atoms with E-state index in [1.807, 2.05) is 0 Å². The van der Waals surface area contributed by atoms with E-state index in [4.69, 9.17) is 19.9 Å². The van der Waals surface area contributed by atoms with Crippen molar-refractivity contribution < 1.29 is 38.6 Å². The van der Waals surface area contributed by atoms with E-state index < -0.39 is 47.4 Å². The number of ether oxygens (including phenoxy) is 3. The maximum Gasteiger partial charge on any atom is 0.511 e. The first kappa shape index (κ1) is 28.4. The number of hydrogen-bond donors (Lipinski definition) is 3. The summed E-state index contributed by atoms with van der Waals surface area (Å²) in [6.07, 6.45) is 5.58. The van der Waals surface area contributed by atoms with Gasteiger partial charge in [0.05, 0.1) is 0 Å². The summed E-state index contributed by atoms with van der Waals surface area (Å²) in [4.78, 5) is 56.3. The molecular weight excluding hydrogens is 550 g/mol. The molecule has 13 nitrogen and oxygen atoms in total. The Morgan fingerprint density at radius 3 is 2.67 bits per heavy atom. The molecule has 3 heterocycles. The van der Waals surface area contributed by atoms with Crippen LogP contribution in [0, 0.1) is 0 Å². The number of thioether (sulfide) groups is 1. The van der Waals surface area contributed by atoms with E-state index in [1.165, 1.54) is 29.0 Å². The van der Waals surface area contributed by atoms with Crippen molar-refractivity contribution in [3.05, 3.63) is 34.5 Å². The highest BCUT2D eigenvalue weighted by atomic mass is 32.2. The summed E-state index contributed by atoms with van der Waals surface area (Å²) in [5, 5.41) is 15.9. The molecule has 210 valence electrons. The molecule has 1 saturated carbocycles. The van der Waals surface area contributed by atoms with Crippen LogP contribution >= 0.6 is 23.1 Å². The van der Waals surface area contributed by atoms with Crippen molar-refractivity contribution in [2.24, 2.45) is 5.16 Å². The van der Waals surface area contributed by atoms with Gasteiger partial charge in [0.2, 0.25) is 6.29 Å². The number of β-lactam (4-membered cyclic amide) rings is 1. The number of nitrogens with two attached hydrogens (primary N) is 1. The van der Waals surface area contributed by atoms with Crippen molar-refractivity contribution in [3.8, 4) is 0 Å². The van der Waals surface area contributed by atoms with Crippen molar-refractivity contribution in [1.29, 1.82) is 0 Å². The zero-order valence-electron chi connectivity index (χ0n) is 21.3. The summed E-state index contributed by atoms with van der Waals surface area (Å²) in [6, 6.07) is -0.996. The third-order valence-corrected chi connectivity index (χ3v) is 8.25. The highest BCUT2D eigenvalue weighted by molar-refractivity contribution is 8.00. The summed E-state index contributed by atoms with van der Waals surface area (Å²) < 4.78 is 15.8. The average Bonchev–Trinajstić information content (AvgIpc) is 3.33. The van der Waals surface area contributed by atoms with E-state index in [-0.39, 0.29) is 22.6 Å². The number of hydrogen-bond acceptors (Lipinski definition) is 13. The van der Waals surface area contributed by atoms with Crippen LogP contribution in [0.2, 0.25) is 0 Å². The number of rotatable bonds is 8. The molecule has 1 aliphatic carbocycles. The number of nitrogens with one attached hydrogen (secondary N) is 1. The first-order valence-electron chi connectivity index (χ1n) is 12.4. The molecule has 1 aromatic heterocycles. The Hall–Kier alpha value is -3.59. The molecule has 15 heteroatoms. The molecule has 1 saturated heterocycles. The van der Waals surface area contributed by atoms with Gasteiger partial charge < -0.3 is 30.5 Å². The standard InChI is InChI=1S/C24H29N5O8S2/c1-3-7-13-10-38-21-17(27-19(30)16(28-34)15-11-39-23(25)26-15)20(31)29(21)18(13)22(32)35-12(2)36-24(33)37-14-8-5-4-6-9-14/h3,7,11-12,14,17,21,34H,4-6,8-10H2,1-2H3,(H2,25,26)(H,27,30)/b7-3-,28-16-/t12?,17?,21-/m0/s1. The Balaban J connectivity index is 1.41. The SMILES string of the molecule is C/C=C\C1=C(C(=O)OC(C)OC(=O)OC2CCCCC2)N2C(=O)C(NC(=O)/C(=N\O)c3csc(N)n3)[C@@H]2SC1. The van der Waals surface area contributed by atoms with Crippen molar-refractivity contribution in [2.75, 3.05) is 11.5 Å². The second kappa shape index (κ2) is 12.5. The summed E-state index contributed by atoms with van der Waals surface area (Å²) >= 11 is 2.40. The molecule has 0 radical (unpaired) electrons.